The fraction of sp³-hybridized carbons (Fsp3) is 0.467. The van der Waals surface area contributed by atoms with Gasteiger partial charge in [0.1, 0.15) is 17.2 Å². The first-order chi connectivity index (χ1) is 10.6. The number of rotatable bonds is 3. The van der Waals surface area contributed by atoms with Crippen molar-refractivity contribution in [2.75, 3.05) is 26.2 Å². The van der Waals surface area contributed by atoms with Gasteiger partial charge in [0.15, 0.2) is 0 Å². The van der Waals surface area contributed by atoms with Gasteiger partial charge in [0.2, 0.25) is 0 Å². The lowest BCUT2D eigenvalue weighted by molar-refractivity contribution is 0.0760. The Kier molecular flexibility index (Phi) is 4.49. The highest BCUT2D eigenvalue weighted by Crippen LogP contribution is 2.14. The predicted octanol–water partition coefficient (Wildman–Crippen LogP) is 2.01. The molecule has 6 nitrogen and oxygen atoms in total. The van der Waals surface area contributed by atoms with E-state index >= 15 is 0 Å². The van der Waals surface area contributed by atoms with E-state index in [1.165, 1.54) is 12.5 Å². The van der Waals surface area contributed by atoms with E-state index in [4.69, 9.17) is 16.0 Å². The zero-order valence-electron chi connectivity index (χ0n) is 12.5. The molecule has 3 heterocycles. The van der Waals surface area contributed by atoms with Crippen LogP contribution in [0.15, 0.2) is 29.2 Å². The summed E-state index contributed by atoms with van der Waals surface area (Å²) in [7, 11) is 1.91. The van der Waals surface area contributed by atoms with E-state index in [-0.39, 0.29) is 5.91 Å². The van der Waals surface area contributed by atoms with Gasteiger partial charge >= 0.3 is 0 Å². The van der Waals surface area contributed by atoms with Gasteiger partial charge in [0, 0.05) is 33.2 Å². The van der Waals surface area contributed by atoms with E-state index in [0.717, 1.165) is 38.4 Å². The number of aromatic nitrogens is 2. The van der Waals surface area contributed by atoms with Gasteiger partial charge in [-0.25, -0.2) is 4.98 Å². The van der Waals surface area contributed by atoms with E-state index < -0.39 is 0 Å². The average molecular weight is 323 g/mol. The van der Waals surface area contributed by atoms with Gasteiger partial charge in [0.05, 0.1) is 24.6 Å². The Labute approximate surface area is 134 Å². The van der Waals surface area contributed by atoms with Crippen LogP contribution in [-0.2, 0) is 13.6 Å². The van der Waals surface area contributed by atoms with E-state index in [1.54, 1.807) is 12.3 Å². The maximum Gasteiger partial charge on any atom is 0.257 e. The summed E-state index contributed by atoms with van der Waals surface area (Å²) in [6.45, 7) is 3.99. The van der Waals surface area contributed by atoms with Crippen LogP contribution in [0.25, 0.3) is 0 Å². The van der Waals surface area contributed by atoms with Crippen LogP contribution >= 0.6 is 11.6 Å². The smallest absolute Gasteiger partial charge is 0.257 e. The zero-order valence-corrected chi connectivity index (χ0v) is 13.3. The van der Waals surface area contributed by atoms with Crippen LogP contribution in [0, 0.1) is 0 Å². The van der Waals surface area contributed by atoms with Crippen LogP contribution in [0.4, 0.5) is 0 Å². The van der Waals surface area contributed by atoms with E-state index in [2.05, 4.69) is 9.88 Å². The Balaban J connectivity index is 1.60. The predicted molar refractivity (Wildman–Crippen MR) is 82.7 cm³/mol. The van der Waals surface area contributed by atoms with Crippen LogP contribution in [0.2, 0.25) is 5.15 Å². The van der Waals surface area contributed by atoms with Crippen LogP contribution in [0.3, 0.4) is 0 Å². The number of furan rings is 1. The molecule has 1 fully saturated rings. The molecule has 0 radical (unpaired) electrons. The van der Waals surface area contributed by atoms with Crippen molar-refractivity contribution < 1.29 is 9.21 Å². The number of hydrogen-bond donors (Lipinski definition) is 0. The Morgan fingerprint density at radius 1 is 1.36 bits per heavy atom. The molecule has 0 aliphatic carbocycles. The van der Waals surface area contributed by atoms with Gasteiger partial charge in [-0.15, -0.1) is 0 Å². The molecule has 7 heteroatoms. The molecule has 1 amide bonds. The van der Waals surface area contributed by atoms with Gasteiger partial charge in [-0.3, -0.25) is 9.69 Å². The molecule has 2 aromatic heterocycles. The number of hydrogen-bond acceptors (Lipinski definition) is 4. The number of carbonyl (C=O) groups is 1. The molecule has 0 aromatic carbocycles. The van der Waals surface area contributed by atoms with Crippen molar-refractivity contribution in [1.29, 1.82) is 0 Å². The largest absolute Gasteiger partial charge is 0.472 e. The molecule has 0 spiro atoms. The summed E-state index contributed by atoms with van der Waals surface area (Å²) in [4.78, 5) is 20.9. The molecule has 1 aliphatic heterocycles. The quantitative estimate of drug-likeness (QED) is 0.867. The molecule has 1 aliphatic rings. The zero-order chi connectivity index (χ0) is 15.5. The first-order valence-corrected chi connectivity index (χ1v) is 7.73. The Bertz CT molecular complexity index is 638. The maximum absolute atomic E-state index is 12.3. The normalized spacial score (nSPS) is 16.7. The summed E-state index contributed by atoms with van der Waals surface area (Å²) in [5.41, 5.74) is 0.615. The standard InChI is InChI=1S/C15H19ClN4O2/c1-18-13(16)9-17-14(18)10-19-4-2-5-20(7-6-19)15(21)12-3-8-22-11-12/h3,8-9,11H,2,4-7,10H2,1H3. The monoisotopic (exact) mass is 322 g/mol. The summed E-state index contributed by atoms with van der Waals surface area (Å²) in [6, 6.07) is 1.71. The molecule has 2 aromatic rings. The van der Waals surface area contributed by atoms with E-state index in [9.17, 15) is 4.79 Å². The third-order valence-corrected chi connectivity index (χ3v) is 4.39. The lowest BCUT2D eigenvalue weighted by Crippen LogP contribution is -2.35. The minimum atomic E-state index is 0.0376. The van der Waals surface area contributed by atoms with Crippen molar-refractivity contribution in [1.82, 2.24) is 19.4 Å². The Morgan fingerprint density at radius 2 is 2.23 bits per heavy atom. The van der Waals surface area contributed by atoms with Gasteiger partial charge < -0.3 is 13.9 Å². The summed E-state index contributed by atoms with van der Waals surface area (Å²) in [5.74, 6) is 0.982. The molecule has 1 saturated heterocycles. The van der Waals surface area contributed by atoms with Crippen LogP contribution < -0.4 is 0 Å². The van der Waals surface area contributed by atoms with Crippen molar-refractivity contribution in [3.8, 4) is 0 Å². The minimum Gasteiger partial charge on any atom is -0.472 e. The second-order valence-corrected chi connectivity index (χ2v) is 5.88. The highest BCUT2D eigenvalue weighted by Gasteiger charge is 2.21. The molecule has 118 valence electrons. The average Bonchev–Trinajstić information content (AvgIpc) is 3.08. The van der Waals surface area contributed by atoms with Gasteiger partial charge in [0.25, 0.3) is 5.91 Å². The maximum atomic E-state index is 12.3. The third kappa shape index (κ3) is 3.18. The molecular weight excluding hydrogens is 304 g/mol. The first kappa shape index (κ1) is 15.1. The topological polar surface area (TPSA) is 54.5 Å². The molecule has 22 heavy (non-hydrogen) atoms. The third-order valence-electron chi connectivity index (χ3n) is 4.04. The molecule has 0 N–H and O–H groups in total. The van der Waals surface area contributed by atoms with E-state index in [1.807, 2.05) is 16.5 Å². The van der Waals surface area contributed by atoms with Crippen LogP contribution in [0.5, 0.6) is 0 Å². The number of nitrogens with zero attached hydrogens (tertiary/aromatic N) is 4. The highest BCUT2D eigenvalue weighted by atomic mass is 35.5. The number of amides is 1. The summed E-state index contributed by atoms with van der Waals surface area (Å²) < 4.78 is 6.88. The molecule has 0 unspecified atom stereocenters. The van der Waals surface area contributed by atoms with Crippen molar-refractivity contribution >= 4 is 17.5 Å². The molecule has 0 saturated carbocycles. The Hall–Kier alpha value is -1.79. The molecular formula is C15H19ClN4O2. The fourth-order valence-corrected chi connectivity index (χ4v) is 2.82. The lowest BCUT2D eigenvalue weighted by Gasteiger charge is -2.21. The second kappa shape index (κ2) is 6.54. The minimum absolute atomic E-state index is 0.0376. The van der Waals surface area contributed by atoms with Gasteiger partial charge in [-0.1, -0.05) is 11.6 Å². The summed E-state index contributed by atoms with van der Waals surface area (Å²) in [6.07, 6.45) is 5.65. The lowest BCUT2D eigenvalue weighted by atomic mass is 10.3. The van der Waals surface area contributed by atoms with Crippen molar-refractivity contribution in [2.24, 2.45) is 7.05 Å². The van der Waals surface area contributed by atoms with Crippen molar-refractivity contribution in [3.05, 3.63) is 41.3 Å². The summed E-state index contributed by atoms with van der Waals surface area (Å²) in [5, 5.41) is 0.640. The second-order valence-electron chi connectivity index (χ2n) is 5.49. The molecule has 0 bridgehead atoms. The van der Waals surface area contributed by atoms with Crippen molar-refractivity contribution in [3.63, 3.8) is 0 Å². The fourth-order valence-electron chi connectivity index (χ4n) is 2.67. The number of imidazole rings is 1. The van der Waals surface area contributed by atoms with Crippen LogP contribution in [0.1, 0.15) is 22.6 Å². The summed E-state index contributed by atoms with van der Waals surface area (Å²) >= 11 is 6.02. The van der Waals surface area contributed by atoms with Crippen LogP contribution in [-0.4, -0.2) is 51.4 Å². The van der Waals surface area contributed by atoms with E-state index in [0.29, 0.717) is 17.3 Å². The van der Waals surface area contributed by atoms with Gasteiger partial charge in [-0.05, 0) is 12.5 Å². The first-order valence-electron chi connectivity index (χ1n) is 7.35. The molecule has 0 atom stereocenters. The van der Waals surface area contributed by atoms with Gasteiger partial charge in [-0.2, -0.15) is 0 Å². The number of halogens is 1. The molecule has 3 rings (SSSR count). The number of carbonyl (C=O) groups excluding carboxylic acids is 1. The van der Waals surface area contributed by atoms with Crippen molar-refractivity contribution in [2.45, 2.75) is 13.0 Å². The SMILES string of the molecule is Cn1c(Cl)cnc1CN1CCCN(C(=O)c2ccoc2)CC1. The Morgan fingerprint density at radius 3 is 2.91 bits per heavy atom. The highest BCUT2D eigenvalue weighted by molar-refractivity contribution is 6.29.